The van der Waals surface area contributed by atoms with Gasteiger partial charge in [-0.3, -0.25) is 4.79 Å². The molecule has 2 atom stereocenters. The van der Waals surface area contributed by atoms with Crippen molar-refractivity contribution in [3.63, 3.8) is 0 Å². The van der Waals surface area contributed by atoms with E-state index < -0.39 is 12.1 Å². The van der Waals surface area contributed by atoms with Crippen molar-refractivity contribution in [1.29, 1.82) is 0 Å². The highest BCUT2D eigenvalue weighted by atomic mass is 16.3. The molecule has 0 fully saturated rings. The van der Waals surface area contributed by atoms with Crippen molar-refractivity contribution >= 4 is 5.91 Å². The Balaban J connectivity index is 3.53. The molecule has 0 bridgehead atoms. The molecule has 0 saturated carbocycles. The van der Waals surface area contributed by atoms with Gasteiger partial charge in [-0.15, -0.1) is 0 Å². The highest BCUT2D eigenvalue weighted by Crippen LogP contribution is 2.17. The summed E-state index contributed by atoms with van der Waals surface area (Å²) < 4.78 is 0. The standard InChI is InChI=1S/C67H119NO3/c1-3-5-7-9-11-13-15-17-19-21-23-25-27-29-31-32-33-34-35-36-37-39-41-43-45-47-49-51-53-55-57-59-61-63-67(71)68-65(64-69)66(70)62-60-58-56-54-52-50-48-46-44-42-40-38-30-28-26-24-22-20-18-16-14-12-10-8-6-4-2/h5,7,11,13,17,19,23,25,29,31,33-34,36-37,41,43,65-66,69-70H,3-4,6,8-10,12,14-16,18,20-22,24,26-28,30,32,35,38-40,42,44-64H2,1-2H3,(H,68,71)/b7-5-,13-11-,19-17-,25-23-,31-29-,34-33-,37-36-,43-41-. The Hall–Kier alpha value is -2.69. The molecule has 0 saturated heterocycles. The van der Waals surface area contributed by atoms with Gasteiger partial charge in [0, 0.05) is 6.42 Å². The Kier molecular flexibility index (Phi) is 59.3. The number of carbonyl (C=O) groups excluding carboxylic acids is 1. The van der Waals surface area contributed by atoms with Gasteiger partial charge in [-0.2, -0.15) is 0 Å². The highest BCUT2D eigenvalue weighted by Gasteiger charge is 2.20. The molecule has 0 aliphatic rings. The zero-order chi connectivity index (χ0) is 51.3. The largest absolute Gasteiger partial charge is 0.394 e. The monoisotopic (exact) mass is 986 g/mol. The van der Waals surface area contributed by atoms with Crippen LogP contribution in [0.15, 0.2) is 97.2 Å². The lowest BCUT2D eigenvalue weighted by Crippen LogP contribution is -2.45. The first-order valence-corrected chi connectivity index (χ1v) is 30.9. The number of hydrogen-bond acceptors (Lipinski definition) is 3. The maximum absolute atomic E-state index is 12.5. The Labute approximate surface area is 443 Å². The van der Waals surface area contributed by atoms with Crippen LogP contribution in [0.2, 0.25) is 0 Å². The van der Waals surface area contributed by atoms with Crippen LogP contribution in [0, 0.1) is 0 Å². The molecule has 0 aliphatic heterocycles. The van der Waals surface area contributed by atoms with Crippen molar-refractivity contribution in [2.75, 3.05) is 6.61 Å². The predicted molar refractivity (Wildman–Crippen MR) is 317 cm³/mol. The van der Waals surface area contributed by atoms with Crippen LogP contribution in [0.3, 0.4) is 0 Å². The summed E-state index contributed by atoms with van der Waals surface area (Å²) >= 11 is 0. The fraction of sp³-hybridized carbons (Fsp3) is 0.746. The molecule has 1 amide bonds. The summed E-state index contributed by atoms with van der Waals surface area (Å²) in [5.41, 5.74) is 0. The van der Waals surface area contributed by atoms with Gasteiger partial charge in [-0.25, -0.2) is 0 Å². The van der Waals surface area contributed by atoms with E-state index in [9.17, 15) is 15.0 Å². The first-order valence-electron chi connectivity index (χ1n) is 30.9. The van der Waals surface area contributed by atoms with Crippen molar-refractivity contribution in [1.82, 2.24) is 5.32 Å². The van der Waals surface area contributed by atoms with Crippen molar-refractivity contribution in [3.8, 4) is 0 Å². The Morgan fingerprint density at radius 2 is 0.620 bits per heavy atom. The summed E-state index contributed by atoms with van der Waals surface area (Å²) in [6, 6.07) is -0.549. The van der Waals surface area contributed by atoms with Gasteiger partial charge < -0.3 is 15.5 Å². The van der Waals surface area contributed by atoms with E-state index in [0.717, 1.165) is 77.0 Å². The van der Waals surface area contributed by atoms with Crippen LogP contribution in [0.5, 0.6) is 0 Å². The molecule has 0 spiro atoms. The average molecular weight is 987 g/mol. The molecule has 4 nitrogen and oxygen atoms in total. The van der Waals surface area contributed by atoms with E-state index in [0.29, 0.717) is 12.8 Å². The van der Waals surface area contributed by atoms with E-state index in [1.807, 2.05) is 0 Å². The van der Waals surface area contributed by atoms with Gasteiger partial charge in [0.2, 0.25) is 5.91 Å². The van der Waals surface area contributed by atoms with Gasteiger partial charge in [0.25, 0.3) is 0 Å². The minimum Gasteiger partial charge on any atom is -0.394 e. The lowest BCUT2D eigenvalue weighted by Gasteiger charge is -2.22. The van der Waals surface area contributed by atoms with Gasteiger partial charge in [0.1, 0.15) is 0 Å². The summed E-state index contributed by atoms with van der Waals surface area (Å²) in [6.07, 6.45) is 91.2. The Morgan fingerprint density at radius 3 is 0.930 bits per heavy atom. The van der Waals surface area contributed by atoms with E-state index in [1.165, 1.54) is 199 Å². The first kappa shape index (κ1) is 68.3. The van der Waals surface area contributed by atoms with Crippen LogP contribution in [-0.4, -0.2) is 34.9 Å². The van der Waals surface area contributed by atoms with Crippen molar-refractivity contribution in [2.45, 2.75) is 315 Å². The van der Waals surface area contributed by atoms with Crippen LogP contribution in [-0.2, 0) is 4.79 Å². The second kappa shape index (κ2) is 61.6. The molecule has 0 heterocycles. The fourth-order valence-corrected chi connectivity index (χ4v) is 9.20. The molecule has 0 aromatic heterocycles. The maximum atomic E-state index is 12.5. The molecular weight excluding hydrogens is 867 g/mol. The third-order valence-electron chi connectivity index (χ3n) is 13.9. The van der Waals surface area contributed by atoms with Crippen LogP contribution in [0.25, 0.3) is 0 Å². The van der Waals surface area contributed by atoms with E-state index in [2.05, 4.69) is 116 Å². The zero-order valence-corrected chi connectivity index (χ0v) is 47.2. The molecule has 0 rings (SSSR count). The molecule has 410 valence electrons. The van der Waals surface area contributed by atoms with E-state index >= 15 is 0 Å². The molecule has 71 heavy (non-hydrogen) atoms. The third-order valence-corrected chi connectivity index (χ3v) is 13.9. The number of unbranched alkanes of at least 4 members (excludes halogenated alkanes) is 33. The summed E-state index contributed by atoms with van der Waals surface area (Å²) in [6.45, 7) is 4.26. The van der Waals surface area contributed by atoms with Gasteiger partial charge in [0.05, 0.1) is 18.8 Å². The minimum atomic E-state index is -0.671. The number of hydrogen-bond donors (Lipinski definition) is 3. The van der Waals surface area contributed by atoms with Crippen molar-refractivity contribution in [2.24, 2.45) is 0 Å². The highest BCUT2D eigenvalue weighted by molar-refractivity contribution is 5.76. The number of allylic oxidation sites excluding steroid dienone is 16. The maximum Gasteiger partial charge on any atom is 0.220 e. The summed E-state index contributed by atoms with van der Waals surface area (Å²) in [4.78, 5) is 12.5. The van der Waals surface area contributed by atoms with Crippen LogP contribution >= 0.6 is 0 Å². The Bertz CT molecular complexity index is 1300. The topological polar surface area (TPSA) is 69.6 Å². The molecule has 4 heteroatoms. The summed E-state index contributed by atoms with van der Waals surface area (Å²) in [5, 5.41) is 23.4. The number of aliphatic hydroxyl groups excluding tert-OH is 2. The van der Waals surface area contributed by atoms with Crippen LogP contribution < -0.4 is 5.32 Å². The number of amides is 1. The minimum absolute atomic E-state index is 0.0402. The second-order valence-corrected chi connectivity index (χ2v) is 20.7. The SMILES string of the molecule is CC/C=C\C/C=C\C/C=C\C/C=C\C/C=C\C/C=C\C/C=C\C/C=C\CCCCCCCCCCC(=O)NC(CO)C(O)CCCCCCCCCCCCCCCCCCCCCCCCCCCC. The van der Waals surface area contributed by atoms with E-state index in [1.54, 1.807) is 0 Å². The molecule has 0 aromatic rings. The van der Waals surface area contributed by atoms with Gasteiger partial charge >= 0.3 is 0 Å². The van der Waals surface area contributed by atoms with Gasteiger partial charge in [-0.05, 0) is 77.0 Å². The van der Waals surface area contributed by atoms with Crippen LogP contribution in [0.1, 0.15) is 303 Å². The summed E-state index contributed by atoms with van der Waals surface area (Å²) in [7, 11) is 0. The number of aliphatic hydroxyl groups is 2. The molecule has 0 aliphatic carbocycles. The predicted octanol–water partition coefficient (Wildman–Crippen LogP) is 20.9. The average Bonchev–Trinajstić information content (AvgIpc) is 3.37. The van der Waals surface area contributed by atoms with Crippen LogP contribution in [0.4, 0.5) is 0 Å². The zero-order valence-electron chi connectivity index (χ0n) is 47.2. The number of nitrogens with one attached hydrogen (secondary N) is 1. The molecular formula is C67H119NO3. The lowest BCUT2D eigenvalue weighted by molar-refractivity contribution is -0.123. The molecule has 3 N–H and O–H groups in total. The summed E-state index contributed by atoms with van der Waals surface area (Å²) in [5.74, 6) is -0.0402. The lowest BCUT2D eigenvalue weighted by atomic mass is 10.0. The third kappa shape index (κ3) is 58.1. The molecule has 2 unspecified atom stereocenters. The van der Waals surface area contributed by atoms with Crippen molar-refractivity contribution in [3.05, 3.63) is 97.2 Å². The van der Waals surface area contributed by atoms with Gasteiger partial charge in [-0.1, -0.05) is 317 Å². The van der Waals surface area contributed by atoms with E-state index in [4.69, 9.17) is 0 Å². The first-order chi connectivity index (χ1) is 35.2. The second-order valence-electron chi connectivity index (χ2n) is 20.7. The van der Waals surface area contributed by atoms with Crippen molar-refractivity contribution < 1.29 is 15.0 Å². The van der Waals surface area contributed by atoms with E-state index in [-0.39, 0.29) is 12.5 Å². The smallest absolute Gasteiger partial charge is 0.220 e. The molecule has 0 radical (unpaired) electrons. The fourth-order valence-electron chi connectivity index (χ4n) is 9.20. The quantitative estimate of drug-likeness (QED) is 0.0420. The Morgan fingerprint density at radius 1 is 0.352 bits per heavy atom. The number of carbonyl (C=O) groups is 1. The normalized spacial score (nSPS) is 13.5. The van der Waals surface area contributed by atoms with Gasteiger partial charge in [0.15, 0.2) is 0 Å². The molecule has 0 aromatic carbocycles. The number of rotatable bonds is 56.